The van der Waals surface area contributed by atoms with Crippen LogP contribution in [-0.4, -0.2) is 0 Å². The van der Waals surface area contributed by atoms with Gasteiger partial charge in [-0.3, -0.25) is 0 Å². The molecule has 0 saturated heterocycles. The lowest BCUT2D eigenvalue weighted by Crippen LogP contribution is -1.90. The molecule has 2 rings (SSSR count). The molecule has 5 heteroatoms. The van der Waals surface area contributed by atoms with Crippen molar-refractivity contribution in [3.63, 3.8) is 0 Å². The Kier molecular flexibility index (Phi) is 4.88. The van der Waals surface area contributed by atoms with Crippen molar-refractivity contribution >= 4 is 17.3 Å². The Morgan fingerprint density at radius 1 is 0.955 bits per heavy atom. The Morgan fingerprint density at radius 3 is 2.09 bits per heavy atom. The lowest BCUT2D eigenvalue weighted by molar-refractivity contribution is 0.241. The monoisotopic (exact) mass is 305 g/mol. The number of nitrogens with two attached hydrogens (primary N) is 1. The van der Waals surface area contributed by atoms with Crippen LogP contribution in [-0.2, 0) is 0 Å². The molecule has 2 nitrogen and oxygen atoms in total. The van der Waals surface area contributed by atoms with Crippen molar-refractivity contribution in [3.8, 4) is 5.75 Å². The zero-order valence-electron chi connectivity index (χ0n) is 11.8. The first-order chi connectivity index (χ1) is 10.5. The van der Waals surface area contributed by atoms with Crippen LogP contribution in [0.15, 0.2) is 60.6 Å². The van der Waals surface area contributed by atoms with Crippen LogP contribution >= 0.6 is 0 Å². The van der Waals surface area contributed by atoms with Crippen molar-refractivity contribution in [3.05, 3.63) is 71.8 Å². The molecule has 0 aliphatic carbocycles. The fourth-order valence-corrected chi connectivity index (χ4v) is 1.85. The number of halogens is 3. The van der Waals surface area contributed by atoms with E-state index in [0.29, 0.717) is 5.69 Å². The quantitative estimate of drug-likeness (QED) is 0.476. The number of benzene rings is 2. The first kappa shape index (κ1) is 15.7. The van der Waals surface area contributed by atoms with Gasteiger partial charge in [-0.05, 0) is 47.9 Å². The third-order valence-corrected chi connectivity index (χ3v) is 2.99. The van der Waals surface area contributed by atoms with E-state index in [2.05, 4.69) is 4.74 Å². The van der Waals surface area contributed by atoms with Gasteiger partial charge in [0, 0.05) is 5.69 Å². The van der Waals surface area contributed by atoms with E-state index in [1.807, 2.05) is 37.3 Å². The zero-order chi connectivity index (χ0) is 16.1. The van der Waals surface area contributed by atoms with Crippen LogP contribution in [0.4, 0.5) is 18.9 Å². The fourth-order valence-electron chi connectivity index (χ4n) is 1.85. The van der Waals surface area contributed by atoms with E-state index >= 15 is 0 Å². The van der Waals surface area contributed by atoms with E-state index in [-0.39, 0.29) is 5.75 Å². The van der Waals surface area contributed by atoms with Gasteiger partial charge in [-0.15, -0.1) is 0 Å². The van der Waals surface area contributed by atoms with Crippen LogP contribution in [0.3, 0.4) is 0 Å². The molecular formula is C17H14F3NO. The van der Waals surface area contributed by atoms with E-state index in [0.717, 1.165) is 16.7 Å². The first-order valence-corrected chi connectivity index (χ1v) is 6.48. The second kappa shape index (κ2) is 6.85. The number of rotatable bonds is 4. The molecule has 2 aromatic carbocycles. The molecule has 0 aliphatic rings. The maximum absolute atomic E-state index is 12.7. The van der Waals surface area contributed by atoms with Crippen molar-refractivity contribution in [2.75, 3.05) is 5.73 Å². The number of hydrogen-bond donors (Lipinski definition) is 1. The van der Waals surface area contributed by atoms with Gasteiger partial charge in [0.25, 0.3) is 0 Å². The number of hydrogen-bond acceptors (Lipinski definition) is 2. The molecule has 0 fully saturated rings. The van der Waals surface area contributed by atoms with Gasteiger partial charge in [0.1, 0.15) is 5.75 Å². The smallest absolute Gasteiger partial charge is 0.344 e. The van der Waals surface area contributed by atoms with E-state index in [9.17, 15) is 13.2 Å². The molecule has 0 spiro atoms. The molecule has 0 saturated carbocycles. The number of nitrogen functional groups attached to an aromatic ring is 1. The van der Waals surface area contributed by atoms with Crippen LogP contribution < -0.4 is 10.5 Å². The highest BCUT2D eigenvalue weighted by Crippen LogP contribution is 2.22. The Bertz CT molecular complexity index is 700. The minimum absolute atomic E-state index is 0.00703. The molecule has 2 aromatic rings. The van der Waals surface area contributed by atoms with E-state index < -0.39 is 12.1 Å². The number of ether oxygens (including phenoxy) is 1. The summed E-state index contributed by atoms with van der Waals surface area (Å²) in [5.74, 6) is 0.00703. The topological polar surface area (TPSA) is 35.2 Å². The zero-order valence-corrected chi connectivity index (χ0v) is 11.8. The fraction of sp³-hybridized carbons (Fsp3) is 0.0588. The van der Waals surface area contributed by atoms with Crippen molar-refractivity contribution in [1.82, 2.24) is 0 Å². The van der Waals surface area contributed by atoms with Gasteiger partial charge in [0.05, 0.1) is 0 Å². The summed E-state index contributed by atoms with van der Waals surface area (Å²) in [6, 6.07) is 11.7. The maximum atomic E-state index is 12.7. The van der Waals surface area contributed by atoms with E-state index in [4.69, 9.17) is 5.73 Å². The third kappa shape index (κ3) is 4.15. The summed E-state index contributed by atoms with van der Waals surface area (Å²) in [5.41, 5.74) is 9.19. The highest BCUT2D eigenvalue weighted by Gasteiger charge is 2.07. The normalized spacial score (nSPS) is 11.2. The average Bonchev–Trinajstić information content (AvgIpc) is 2.49. The molecule has 0 radical (unpaired) electrons. The molecule has 0 unspecified atom stereocenters. The number of allylic oxidation sites excluding steroid dienone is 1. The summed E-state index contributed by atoms with van der Waals surface area (Å²) in [6.07, 6.45) is -0.569. The Morgan fingerprint density at radius 2 is 1.55 bits per heavy atom. The van der Waals surface area contributed by atoms with Gasteiger partial charge >= 0.3 is 12.1 Å². The van der Waals surface area contributed by atoms with Gasteiger partial charge in [-0.25, -0.2) is 0 Å². The van der Waals surface area contributed by atoms with Crippen LogP contribution in [0.25, 0.3) is 11.6 Å². The minimum atomic E-state index is -2.48. The predicted molar refractivity (Wildman–Crippen MR) is 81.8 cm³/mol. The summed E-state index contributed by atoms with van der Waals surface area (Å²) in [5, 5.41) is 0. The lowest BCUT2D eigenvalue weighted by Gasteiger charge is -2.04. The molecule has 0 atom stereocenters. The average molecular weight is 305 g/mol. The van der Waals surface area contributed by atoms with E-state index in [1.165, 1.54) is 12.1 Å². The highest BCUT2D eigenvalue weighted by atomic mass is 19.3. The van der Waals surface area contributed by atoms with Gasteiger partial charge in [-0.2, -0.15) is 13.2 Å². The third-order valence-electron chi connectivity index (χ3n) is 2.99. The van der Waals surface area contributed by atoms with E-state index in [1.54, 1.807) is 12.1 Å². The maximum Gasteiger partial charge on any atom is 0.344 e. The van der Waals surface area contributed by atoms with Gasteiger partial charge in [0.15, 0.2) is 0 Å². The standard InChI is InChI=1S/C17H14F3NO/c1-11(13-4-6-14(21)7-5-13)10-12-2-8-15(9-3-12)22-17(20)16(18)19/h2-10H,21H2,1H3/b11-10+. The van der Waals surface area contributed by atoms with Gasteiger partial charge in [0.2, 0.25) is 0 Å². The molecule has 114 valence electrons. The molecule has 0 heterocycles. The predicted octanol–water partition coefficient (Wildman–Crippen LogP) is 5.24. The second-order valence-corrected chi connectivity index (χ2v) is 4.65. The summed E-state index contributed by atoms with van der Waals surface area (Å²) < 4.78 is 40.9. The first-order valence-electron chi connectivity index (χ1n) is 6.48. The summed E-state index contributed by atoms with van der Waals surface area (Å²) in [7, 11) is 0. The van der Waals surface area contributed by atoms with Gasteiger partial charge < -0.3 is 10.5 Å². The highest BCUT2D eigenvalue weighted by molar-refractivity contribution is 5.80. The molecule has 0 amide bonds. The Hall–Kier alpha value is -2.69. The Balaban J connectivity index is 2.15. The second-order valence-electron chi connectivity index (χ2n) is 4.65. The Labute approximate surface area is 126 Å². The molecular weight excluding hydrogens is 291 g/mol. The van der Waals surface area contributed by atoms with Crippen LogP contribution in [0.1, 0.15) is 18.1 Å². The number of anilines is 1. The molecule has 0 bridgehead atoms. The van der Waals surface area contributed by atoms with Crippen molar-refractivity contribution in [2.45, 2.75) is 6.92 Å². The molecule has 0 aliphatic heterocycles. The van der Waals surface area contributed by atoms with Crippen LogP contribution in [0.5, 0.6) is 5.75 Å². The minimum Gasteiger partial charge on any atom is -0.428 e. The van der Waals surface area contributed by atoms with Crippen LogP contribution in [0, 0.1) is 0 Å². The lowest BCUT2D eigenvalue weighted by atomic mass is 10.0. The SMILES string of the molecule is C/C(=C\c1ccc(OC(F)=C(F)F)cc1)c1ccc(N)cc1. The van der Waals surface area contributed by atoms with Crippen LogP contribution in [0.2, 0.25) is 0 Å². The summed E-state index contributed by atoms with van der Waals surface area (Å²) in [6.45, 7) is 1.94. The summed E-state index contributed by atoms with van der Waals surface area (Å²) >= 11 is 0. The van der Waals surface area contributed by atoms with Crippen molar-refractivity contribution < 1.29 is 17.9 Å². The molecule has 2 N–H and O–H groups in total. The molecule has 0 aromatic heterocycles. The molecule has 22 heavy (non-hydrogen) atoms. The summed E-state index contributed by atoms with van der Waals surface area (Å²) in [4.78, 5) is 0. The largest absolute Gasteiger partial charge is 0.428 e. The van der Waals surface area contributed by atoms with Crippen molar-refractivity contribution in [1.29, 1.82) is 0 Å². The van der Waals surface area contributed by atoms with Gasteiger partial charge in [-0.1, -0.05) is 30.3 Å². The van der Waals surface area contributed by atoms with Crippen molar-refractivity contribution in [2.24, 2.45) is 0 Å².